The fourth-order valence-electron chi connectivity index (χ4n) is 2.96. The molecule has 0 amide bonds. The van der Waals surface area contributed by atoms with Gasteiger partial charge in [0.2, 0.25) is 0 Å². The Morgan fingerprint density at radius 2 is 2.29 bits per heavy atom. The number of thiophene rings is 1. The second kappa shape index (κ2) is 9.26. The zero-order valence-corrected chi connectivity index (χ0v) is 15.1. The van der Waals surface area contributed by atoms with Crippen molar-refractivity contribution in [2.24, 2.45) is 5.92 Å². The molecule has 5 heteroatoms. The number of halogens is 1. The lowest BCUT2D eigenvalue weighted by Crippen LogP contribution is -2.34. The molecule has 0 spiro atoms. The second-order valence-electron chi connectivity index (χ2n) is 5.84. The molecule has 120 valence electrons. The van der Waals surface area contributed by atoms with Gasteiger partial charge in [-0.25, -0.2) is 0 Å². The molecule has 0 aromatic carbocycles. The van der Waals surface area contributed by atoms with Crippen LogP contribution in [0.1, 0.15) is 43.9 Å². The van der Waals surface area contributed by atoms with Crippen molar-refractivity contribution in [3.05, 3.63) is 20.8 Å². The van der Waals surface area contributed by atoms with Crippen LogP contribution in [-0.2, 0) is 11.3 Å². The van der Waals surface area contributed by atoms with E-state index in [0.717, 1.165) is 17.4 Å². The van der Waals surface area contributed by atoms with E-state index in [-0.39, 0.29) is 0 Å². The highest BCUT2D eigenvalue weighted by Crippen LogP contribution is 2.29. The first-order chi connectivity index (χ1) is 10.2. The molecule has 2 N–H and O–H groups in total. The molecule has 0 bridgehead atoms. The summed E-state index contributed by atoms with van der Waals surface area (Å²) in [5, 5.41) is 15.4. The number of aliphatic hydroxyl groups excluding tert-OH is 1. The molecular weight excluding hydrogens is 350 g/mol. The Morgan fingerprint density at radius 3 is 3.00 bits per heavy atom. The Hall–Kier alpha value is 0.0600. The van der Waals surface area contributed by atoms with Crippen molar-refractivity contribution in [1.29, 1.82) is 0 Å². The molecule has 1 heterocycles. The summed E-state index contributed by atoms with van der Waals surface area (Å²) >= 11 is 5.17. The van der Waals surface area contributed by atoms with E-state index in [2.05, 4.69) is 39.6 Å². The minimum atomic E-state index is -0.423. The molecule has 2 rings (SSSR count). The van der Waals surface area contributed by atoms with Gasteiger partial charge in [-0.2, -0.15) is 0 Å². The quantitative estimate of drug-likeness (QED) is 0.722. The summed E-state index contributed by atoms with van der Waals surface area (Å²) in [4.78, 5) is 1.27. The summed E-state index contributed by atoms with van der Waals surface area (Å²) in [6.07, 6.45) is 6.15. The first-order valence-corrected chi connectivity index (χ1v) is 9.59. The topological polar surface area (TPSA) is 41.5 Å². The normalized spacial score (nSPS) is 24.1. The van der Waals surface area contributed by atoms with E-state index in [1.807, 2.05) is 0 Å². The molecule has 3 unspecified atom stereocenters. The third-order valence-electron chi connectivity index (χ3n) is 4.17. The number of hydrogen-bond donors (Lipinski definition) is 2. The van der Waals surface area contributed by atoms with Crippen LogP contribution in [0.3, 0.4) is 0 Å². The number of ether oxygens (including phenoxy) is 1. The molecule has 1 fully saturated rings. The summed E-state index contributed by atoms with van der Waals surface area (Å²) in [6.45, 7) is 4.07. The van der Waals surface area contributed by atoms with E-state index < -0.39 is 6.10 Å². The van der Waals surface area contributed by atoms with Gasteiger partial charge >= 0.3 is 0 Å². The van der Waals surface area contributed by atoms with E-state index in [9.17, 15) is 5.11 Å². The molecule has 0 saturated heterocycles. The molecule has 3 nitrogen and oxygen atoms in total. The van der Waals surface area contributed by atoms with Gasteiger partial charge < -0.3 is 15.2 Å². The SMILES string of the molecule is CCC1CCCCC1OCC(O)CNCc1cc(Br)cs1. The van der Waals surface area contributed by atoms with E-state index in [1.54, 1.807) is 11.3 Å². The van der Waals surface area contributed by atoms with Crippen LogP contribution in [0, 0.1) is 5.92 Å². The van der Waals surface area contributed by atoms with E-state index in [1.165, 1.54) is 30.6 Å². The van der Waals surface area contributed by atoms with Crippen molar-refractivity contribution < 1.29 is 9.84 Å². The lowest BCUT2D eigenvalue weighted by atomic mass is 9.85. The second-order valence-corrected chi connectivity index (χ2v) is 7.75. The van der Waals surface area contributed by atoms with Crippen molar-refractivity contribution in [2.45, 2.75) is 57.8 Å². The van der Waals surface area contributed by atoms with Crippen molar-refractivity contribution in [3.63, 3.8) is 0 Å². The zero-order chi connectivity index (χ0) is 15.1. The molecule has 0 aliphatic heterocycles. The van der Waals surface area contributed by atoms with Gasteiger partial charge in [-0.05, 0) is 40.8 Å². The standard InChI is InChI=1S/C16H26BrNO2S/c1-2-12-5-3-4-6-16(12)20-10-14(19)8-18-9-15-7-13(17)11-21-15/h7,11-12,14,16,18-19H,2-6,8-10H2,1H3. The average molecular weight is 376 g/mol. The minimum absolute atomic E-state index is 0.353. The predicted molar refractivity (Wildman–Crippen MR) is 91.7 cm³/mol. The third-order valence-corrected chi connectivity index (χ3v) is 5.86. The van der Waals surface area contributed by atoms with Crippen LogP contribution in [-0.4, -0.2) is 30.5 Å². The van der Waals surface area contributed by atoms with E-state index in [4.69, 9.17) is 4.74 Å². The summed E-state index contributed by atoms with van der Waals surface area (Å²) in [6, 6.07) is 2.11. The monoisotopic (exact) mass is 375 g/mol. The van der Waals surface area contributed by atoms with E-state index in [0.29, 0.717) is 25.2 Å². The lowest BCUT2D eigenvalue weighted by molar-refractivity contribution is -0.0499. The Labute approximate surface area is 140 Å². The Morgan fingerprint density at radius 1 is 1.48 bits per heavy atom. The highest BCUT2D eigenvalue weighted by Gasteiger charge is 2.24. The third kappa shape index (κ3) is 5.99. The highest BCUT2D eigenvalue weighted by atomic mass is 79.9. The first kappa shape index (κ1) is 17.4. The highest BCUT2D eigenvalue weighted by molar-refractivity contribution is 9.10. The van der Waals surface area contributed by atoms with Crippen LogP contribution in [0.15, 0.2) is 15.9 Å². The van der Waals surface area contributed by atoms with Crippen LogP contribution in [0.4, 0.5) is 0 Å². The maximum Gasteiger partial charge on any atom is 0.0897 e. The average Bonchev–Trinajstić information content (AvgIpc) is 2.91. The molecule has 0 radical (unpaired) electrons. The summed E-state index contributed by atoms with van der Waals surface area (Å²) in [7, 11) is 0. The first-order valence-electron chi connectivity index (χ1n) is 7.92. The Kier molecular flexibility index (Phi) is 7.68. The predicted octanol–water partition coefficient (Wildman–Crippen LogP) is 3.95. The number of rotatable bonds is 8. The van der Waals surface area contributed by atoms with Crippen LogP contribution >= 0.6 is 27.3 Å². The fourth-order valence-corrected chi connectivity index (χ4v) is 4.38. The maximum absolute atomic E-state index is 10.0. The molecule has 21 heavy (non-hydrogen) atoms. The summed E-state index contributed by atoms with van der Waals surface area (Å²) in [5.74, 6) is 0.683. The maximum atomic E-state index is 10.0. The molecule has 3 atom stereocenters. The van der Waals surface area contributed by atoms with Gasteiger partial charge in [0.1, 0.15) is 0 Å². The van der Waals surface area contributed by atoms with E-state index >= 15 is 0 Å². The lowest BCUT2D eigenvalue weighted by Gasteiger charge is -2.31. The molecule has 1 aliphatic rings. The van der Waals surface area contributed by atoms with Gasteiger partial charge in [-0.1, -0.05) is 26.2 Å². The zero-order valence-electron chi connectivity index (χ0n) is 12.7. The Bertz CT molecular complexity index is 413. The summed E-state index contributed by atoms with van der Waals surface area (Å²) < 4.78 is 7.08. The number of hydrogen-bond acceptors (Lipinski definition) is 4. The summed E-state index contributed by atoms with van der Waals surface area (Å²) in [5.41, 5.74) is 0. The van der Waals surface area contributed by atoms with Crippen LogP contribution in [0.2, 0.25) is 0 Å². The van der Waals surface area contributed by atoms with Crippen LogP contribution in [0.5, 0.6) is 0 Å². The van der Waals surface area contributed by atoms with Gasteiger partial charge in [0.15, 0.2) is 0 Å². The van der Waals surface area contributed by atoms with Crippen molar-refractivity contribution >= 4 is 27.3 Å². The number of aliphatic hydroxyl groups is 1. The molecular formula is C16H26BrNO2S. The molecule has 1 aliphatic carbocycles. The van der Waals surface area contributed by atoms with Gasteiger partial charge in [0, 0.05) is 27.8 Å². The largest absolute Gasteiger partial charge is 0.389 e. The van der Waals surface area contributed by atoms with Crippen molar-refractivity contribution in [3.8, 4) is 0 Å². The minimum Gasteiger partial charge on any atom is -0.389 e. The smallest absolute Gasteiger partial charge is 0.0897 e. The molecule has 1 aromatic heterocycles. The van der Waals surface area contributed by atoms with Gasteiger partial charge in [-0.3, -0.25) is 0 Å². The number of nitrogens with one attached hydrogen (secondary N) is 1. The molecule has 1 aromatic rings. The Balaban J connectivity index is 1.61. The van der Waals surface area contributed by atoms with Crippen molar-refractivity contribution in [2.75, 3.05) is 13.2 Å². The fraction of sp³-hybridized carbons (Fsp3) is 0.750. The van der Waals surface area contributed by atoms with Crippen LogP contribution in [0.25, 0.3) is 0 Å². The van der Waals surface area contributed by atoms with Crippen molar-refractivity contribution in [1.82, 2.24) is 5.32 Å². The van der Waals surface area contributed by atoms with Gasteiger partial charge in [-0.15, -0.1) is 11.3 Å². The van der Waals surface area contributed by atoms with Crippen LogP contribution < -0.4 is 5.32 Å². The molecule has 1 saturated carbocycles. The van der Waals surface area contributed by atoms with Gasteiger partial charge in [0.25, 0.3) is 0 Å². The van der Waals surface area contributed by atoms with Gasteiger partial charge in [0.05, 0.1) is 18.8 Å².